The highest BCUT2D eigenvalue weighted by molar-refractivity contribution is 5.93. The maximum atomic E-state index is 11.5. The van der Waals surface area contributed by atoms with Crippen LogP contribution < -0.4 is 0 Å². The number of carbonyl (C=O) groups excluding carboxylic acids is 1. The van der Waals surface area contributed by atoms with Crippen molar-refractivity contribution in [2.75, 3.05) is 13.6 Å². The van der Waals surface area contributed by atoms with E-state index in [1.165, 1.54) is 7.05 Å². The van der Waals surface area contributed by atoms with E-state index in [0.29, 0.717) is 0 Å². The highest BCUT2D eigenvalue weighted by atomic mass is 16.6. The SMILES string of the molecule is CN(CC(=O)O)C(=O)c1ccc([N+](=O)[O-])o1. The number of furan rings is 1. The lowest BCUT2D eigenvalue weighted by Gasteiger charge is -2.11. The number of carboxylic acids is 1. The molecule has 1 amide bonds. The molecule has 0 fully saturated rings. The molecule has 1 aromatic rings. The zero-order valence-electron chi connectivity index (χ0n) is 8.24. The summed E-state index contributed by atoms with van der Waals surface area (Å²) in [5.41, 5.74) is 0. The molecule has 0 spiro atoms. The predicted molar refractivity (Wildman–Crippen MR) is 50.0 cm³/mol. The summed E-state index contributed by atoms with van der Waals surface area (Å²) in [5, 5.41) is 18.7. The molecule has 1 rings (SSSR count). The number of carbonyl (C=O) groups is 2. The first-order chi connectivity index (χ1) is 7.41. The highest BCUT2D eigenvalue weighted by Crippen LogP contribution is 2.16. The average Bonchev–Trinajstić information content (AvgIpc) is 2.64. The molecule has 0 saturated carbocycles. The van der Waals surface area contributed by atoms with E-state index in [-0.39, 0.29) is 5.76 Å². The fourth-order valence-corrected chi connectivity index (χ4v) is 1.00. The van der Waals surface area contributed by atoms with Gasteiger partial charge in [0.25, 0.3) is 5.91 Å². The lowest BCUT2D eigenvalue weighted by molar-refractivity contribution is -0.402. The largest absolute Gasteiger partial charge is 0.480 e. The van der Waals surface area contributed by atoms with Crippen LogP contribution in [0.15, 0.2) is 16.5 Å². The van der Waals surface area contributed by atoms with Crippen molar-refractivity contribution in [1.29, 1.82) is 0 Å². The van der Waals surface area contributed by atoms with Gasteiger partial charge in [-0.05, 0) is 6.07 Å². The van der Waals surface area contributed by atoms with E-state index in [1.54, 1.807) is 0 Å². The van der Waals surface area contributed by atoms with Crippen molar-refractivity contribution in [2.24, 2.45) is 0 Å². The van der Waals surface area contributed by atoms with Crippen molar-refractivity contribution < 1.29 is 24.0 Å². The van der Waals surface area contributed by atoms with Crippen LogP contribution in [0.3, 0.4) is 0 Å². The van der Waals surface area contributed by atoms with Crippen LogP contribution in [0.4, 0.5) is 5.88 Å². The van der Waals surface area contributed by atoms with Crippen LogP contribution in [0.2, 0.25) is 0 Å². The van der Waals surface area contributed by atoms with Gasteiger partial charge in [0.15, 0.2) is 5.76 Å². The summed E-state index contributed by atoms with van der Waals surface area (Å²) in [7, 11) is 1.25. The van der Waals surface area contributed by atoms with E-state index in [2.05, 4.69) is 4.42 Å². The Morgan fingerprint density at radius 2 is 2.19 bits per heavy atom. The zero-order valence-corrected chi connectivity index (χ0v) is 8.24. The van der Waals surface area contributed by atoms with Crippen molar-refractivity contribution in [3.63, 3.8) is 0 Å². The summed E-state index contributed by atoms with van der Waals surface area (Å²) in [4.78, 5) is 32.2. The number of likely N-dealkylation sites (N-methyl/N-ethyl adjacent to an activating group) is 1. The number of hydrogen-bond acceptors (Lipinski definition) is 5. The number of amides is 1. The lowest BCUT2D eigenvalue weighted by Crippen LogP contribution is -2.31. The van der Waals surface area contributed by atoms with Crippen LogP contribution in [0.1, 0.15) is 10.6 Å². The maximum Gasteiger partial charge on any atom is 0.433 e. The van der Waals surface area contributed by atoms with E-state index in [1.807, 2.05) is 0 Å². The van der Waals surface area contributed by atoms with E-state index in [4.69, 9.17) is 5.11 Å². The molecule has 8 nitrogen and oxygen atoms in total. The molecule has 0 bridgehead atoms. The Morgan fingerprint density at radius 1 is 1.56 bits per heavy atom. The van der Waals surface area contributed by atoms with Gasteiger partial charge >= 0.3 is 11.9 Å². The minimum Gasteiger partial charge on any atom is -0.480 e. The van der Waals surface area contributed by atoms with Gasteiger partial charge in [-0.3, -0.25) is 19.7 Å². The molecule has 0 unspecified atom stereocenters. The van der Waals surface area contributed by atoms with Crippen molar-refractivity contribution in [1.82, 2.24) is 4.90 Å². The quantitative estimate of drug-likeness (QED) is 0.587. The molecule has 8 heteroatoms. The minimum atomic E-state index is -1.18. The fraction of sp³-hybridized carbons (Fsp3) is 0.250. The fourth-order valence-electron chi connectivity index (χ4n) is 1.00. The highest BCUT2D eigenvalue weighted by Gasteiger charge is 2.21. The third-order valence-corrected chi connectivity index (χ3v) is 1.70. The Hall–Kier alpha value is -2.38. The molecule has 1 aromatic heterocycles. The van der Waals surface area contributed by atoms with Gasteiger partial charge in [-0.1, -0.05) is 0 Å². The van der Waals surface area contributed by atoms with Crippen molar-refractivity contribution >= 4 is 17.8 Å². The Morgan fingerprint density at radius 3 is 2.62 bits per heavy atom. The standard InChI is InChI=1S/C8H8N2O6/c1-9(4-7(11)12)8(13)5-2-3-6(16-5)10(14)15/h2-3H,4H2,1H3,(H,11,12). The lowest BCUT2D eigenvalue weighted by atomic mass is 10.4. The number of carboxylic acid groups (broad SMARTS) is 1. The molecule has 0 aromatic carbocycles. The van der Waals surface area contributed by atoms with E-state index in [9.17, 15) is 19.7 Å². The Balaban J connectivity index is 2.80. The molecule has 0 atom stereocenters. The first-order valence-corrected chi connectivity index (χ1v) is 4.13. The van der Waals surface area contributed by atoms with Gasteiger partial charge < -0.3 is 14.4 Å². The summed E-state index contributed by atoms with van der Waals surface area (Å²) in [6.45, 7) is -0.507. The third-order valence-electron chi connectivity index (χ3n) is 1.70. The number of aliphatic carboxylic acids is 1. The first kappa shape index (κ1) is 11.7. The molecule has 0 radical (unpaired) electrons. The van der Waals surface area contributed by atoms with Gasteiger partial charge in [-0.25, -0.2) is 0 Å². The molecule has 1 N–H and O–H groups in total. The molecule has 0 saturated heterocycles. The smallest absolute Gasteiger partial charge is 0.433 e. The van der Waals surface area contributed by atoms with Crippen LogP contribution in [0, 0.1) is 10.1 Å². The van der Waals surface area contributed by atoms with Crippen molar-refractivity contribution in [3.8, 4) is 0 Å². The Bertz CT molecular complexity index is 437. The monoisotopic (exact) mass is 228 g/mol. The summed E-state index contributed by atoms with van der Waals surface area (Å²) < 4.78 is 4.63. The van der Waals surface area contributed by atoms with Crippen LogP contribution >= 0.6 is 0 Å². The van der Waals surface area contributed by atoms with Gasteiger partial charge in [-0.15, -0.1) is 0 Å². The van der Waals surface area contributed by atoms with E-state index >= 15 is 0 Å². The number of hydrogen-bond donors (Lipinski definition) is 1. The van der Waals surface area contributed by atoms with Crippen LogP contribution in [-0.4, -0.2) is 40.4 Å². The summed E-state index contributed by atoms with van der Waals surface area (Å²) in [5.74, 6) is -2.74. The van der Waals surface area contributed by atoms with Gasteiger partial charge in [0.1, 0.15) is 11.5 Å². The maximum absolute atomic E-state index is 11.5. The topological polar surface area (TPSA) is 114 Å². The second kappa shape index (κ2) is 4.43. The Labute approximate surface area is 89.2 Å². The molecule has 16 heavy (non-hydrogen) atoms. The molecular formula is C8H8N2O6. The second-order valence-corrected chi connectivity index (χ2v) is 2.95. The average molecular weight is 228 g/mol. The summed E-state index contributed by atoms with van der Waals surface area (Å²) >= 11 is 0. The molecular weight excluding hydrogens is 220 g/mol. The predicted octanol–water partition coefficient (Wildman–Crippen LogP) is 0.344. The van der Waals surface area contributed by atoms with Crippen molar-refractivity contribution in [2.45, 2.75) is 0 Å². The van der Waals surface area contributed by atoms with Gasteiger partial charge in [-0.2, -0.15) is 0 Å². The van der Waals surface area contributed by atoms with Gasteiger partial charge in [0.05, 0.1) is 6.07 Å². The zero-order chi connectivity index (χ0) is 12.3. The summed E-state index contributed by atoms with van der Waals surface area (Å²) in [6, 6.07) is 2.15. The second-order valence-electron chi connectivity index (χ2n) is 2.95. The van der Waals surface area contributed by atoms with Crippen LogP contribution in [0.5, 0.6) is 0 Å². The first-order valence-electron chi connectivity index (χ1n) is 4.13. The molecule has 86 valence electrons. The number of nitrogens with zero attached hydrogens (tertiary/aromatic N) is 2. The minimum absolute atomic E-state index is 0.268. The number of nitro groups is 1. The third kappa shape index (κ3) is 2.56. The molecule has 1 heterocycles. The molecule has 0 aliphatic rings. The molecule has 0 aliphatic heterocycles. The van der Waals surface area contributed by atoms with Crippen molar-refractivity contribution in [3.05, 3.63) is 28.0 Å². The van der Waals surface area contributed by atoms with Crippen LogP contribution in [-0.2, 0) is 4.79 Å². The Kier molecular flexibility index (Phi) is 3.24. The number of rotatable bonds is 4. The summed E-state index contributed by atoms with van der Waals surface area (Å²) in [6.07, 6.45) is 0. The van der Waals surface area contributed by atoms with E-state index in [0.717, 1.165) is 17.0 Å². The van der Waals surface area contributed by atoms with Gasteiger partial charge in [0, 0.05) is 7.05 Å². The van der Waals surface area contributed by atoms with Gasteiger partial charge in [0.2, 0.25) is 0 Å². The van der Waals surface area contributed by atoms with E-state index < -0.39 is 29.2 Å². The molecule has 0 aliphatic carbocycles. The normalized spacial score (nSPS) is 9.81. The van der Waals surface area contributed by atoms with Crippen LogP contribution in [0.25, 0.3) is 0 Å².